The zero-order valence-electron chi connectivity index (χ0n) is 18.2. The summed E-state index contributed by atoms with van der Waals surface area (Å²) in [5, 5.41) is 27.0. The van der Waals surface area contributed by atoms with E-state index < -0.39 is 0 Å². The summed E-state index contributed by atoms with van der Waals surface area (Å²) >= 11 is 0. The number of rotatable bonds is 5. The molecule has 32 heavy (non-hydrogen) atoms. The van der Waals surface area contributed by atoms with Crippen LogP contribution in [0.1, 0.15) is 24.0 Å². The molecular formula is C23H25FN8. The molecule has 0 bridgehead atoms. The largest absolute Gasteiger partial charge is 0.354 e. The first kappa shape index (κ1) is 20.4. The van der Waals surface area contributed by atoms with Gasteiger partial charge < -0.3 is 10.2 Å². The minimum absolute atomic E-state index is 0.188. The Labute approximate surface area is 185 Å². The molecule has 1 N–H and O–H groups in total. The third-order valence-corrected chi connectivity index (χ3v) is 6.22. The van der Waals surface area contributed by atoms with Crippen molar-refractivity contribution >= 4 is 16.6 Å². The molecule has 8 nitrogen and oxygen atoms in total. The molecule has 0 atom stereocenters. The van der Waals surface area contributed by atoms with E-state index in [1.54, 1.807) is 29.3 Å². The van der Waals surface area contributed by atoms with E-state index in [4.69, 9.17) is 0 Å². The first-order valence-corrected chi connectivity index (χ1v) is 10.8. The lowest BCUT2D eigenvalue weighted by atomic mass is 10.0. The van der Waals surface area contributed by atoms with Crippen LogP contribution >= 0.6 is 0 Å². The molecular weight excluding hydrogens is 407 g/mol. The van der Waals surface area contributed by atoms with Crippen molar-refractivity contribution in [3.8, 4) is 11.4 Å². The molecule has 3 aromatic heterocycles. The molecule has 4 aromatic rings. The van der Waals surface area contributed by atoms with Crippen LogP contribution in [0.4, 0.5) is 10.2 Å². The molecule has 1 aliphatic rings. The summed E-state index contributed by atoms with van der Waals surface area (Å²) in [5.41, 5.74) is 3.76. The summed E-state index contributed by atoms with van der Waals surface area (Å²) in [4.78, 5) is 2.27. The number of fused-ring (bicyclic) bond motifs is 1. The molecule has 5 rings (SSSR count). The lowest BCUT2D eigenvalue weighted by Crippen LogP contribution is -2.42. The van der Waals surface area contributed by atoms with E-state index in [0.717, 1.165) is 71.6 Å². The maximum atomic E-state index is 13.3. The number of hydrogen-bond acceptors (Lipinski definition) is 7. The average molecular weight is 433 g/mol. The van der Waals surface area contributed by atoms with Crippen molar-refractivity contribution < 1.29 is 4.39 Å². The number of aryl methyl sites for hydroxylation is 2. The molecule has 0 unspecified atom stereocenters. The van der Waals surface area contributed by atoms with Gasteiger partial charge in [0.05, 0.1) is 23.5 Å². The quantitative estimate of drug-likeness (QED) is 0.519. The SMILES string of the molecule is Cc1cc(F)ccc1CNC1CCN(c2nnc(-c3ccnn3C)c3cnncc23)CC1. The van der Waals surface area contributed by atoms with Crippen LogP contribution in [0.2, 0.25) is 0 Å². The van der Waals surface area contributed by atoms with Crippen LogP contribution in [-0.4, -0.2) is 49.3 Å². The molecule has 4 heterocycles. The topological polar surface area (TPSA) is 84.6 Å². The fourth-order valence-corrected chi connectivity index (χ4v) is 4.33. The summed E-state index contributed by atoms with van der Waals surface area (Å²) in [7, 11) is 1.89. The van der Waals surface area contributed by atoms with Crippen molar-refractivity contribution in [1.29, 1.82) is 0 Å². The second kappa shape index (κ2) is 8.58. The molecule has 164 valence electrons. The van der Waals surface area contributed by atoms with E-state index in [-0.39, 0.29) is 5.82 Å². The summed E-state index contributed by atoms with van der Waals surface area (Å²) < 4.78 is 15.1. The van der Waals surface area contributed by atoms with Gasteiger partial charge in [0.15, 0.2) is 5.82 Å². The van der Waals surface area contributed by atoms with Crippen LogP contribution < -0.4 is 10.2 Å². The Hall–Kier alpha value is -3.46. The number of piperidine rings is 1. The highest BCUT2D eigenvalue weighted by Gasteiger charge is 2.23. The van der Waals surface area contributed by atoms with Gasteiger partial charge in [0, 0.05) is 44.3 Å². The molecule has 1 fully saturated rings. The molecule has 1 aliphatic heterocycles. The Morgan fingerprint density at radius 2 is 1.84 bits per heavy atom. The number of anilines is 1. The third-order valence-electron chi connectivity index (χ3n) is 6.22. The number of aromatic nitrogens is 6. The highest BCUT2D eigenvalue weighted by Crippen LogP contribution is 2.31. The van der Waals surface area contributed by atoms with Gasteiger partial charge in [-0.2, -0.15) is 15.3 Å². The predicted octanol–water partition coefficient (Wildman–Crippen LogP) is 3.03. The second-order valence-corrected chi connectivity index (χ2v) is 8.24. The Kier molecular flexibility index (Phi) is 5.48. The molecule has 1 saturated heterocycles. The number of nitrogens with one attached hydrogen (secondary N) is 1. The highest BCUT2D eigenvalue weighted by molar-refractivity contribution is 5.98. The van der Waals surface area contributed by atoms with E-state index in [1.165, 1.54) is 6.07 Å². The lowest BCUT2D eigenvalue weighted by molar-refractivity contribution is 0.412. The van der Waals surface area contributed by atoms with Gasteiger partial charge in [-0.3, -0.25) is 4.68 Å². The first-order chi connectivity index (χ1) is 15.6. The van der Waals surface area contributed by atoms with Crippen LogP contribution in [-0.2, 0) is 13.6 Å². The molecule has 0 spiro atoms. The minimum atomic E-state index is -0.188. The molecule has 9 heteroatoms. The van der Waals surface area contributed by atoms with E-state index >= 15 is 0 Å². The van der Waals surface area contributed by atoms with Crippen molar-refractivity contribution in [3.63, 3.8) is 0 Å². The first-order valence-electron chi connectivity index (χ1n) is 10.8. The summed E-state index contributed by atoms with van der Waals surface area (Å²) in [5.74, 6) is 0.653. The van der Waals surface area contributed by atoms with E-state index in [0.29, 0.717) is 6.04 Å². The van der Waals surface area contributed by atoms with Gasteiger partial charge in [-0.15, -0.1) is 10.2 Å². The van der Waals surface area contributed by atoms with Crippen molar-refractivity contribution in [2.75, 3.05) is 18.0 Å². The molecule has 0 amide bonds. The Bertz CT molecular complexity index is 1250. The zero-order chi connectivity index (χ0) is 22.1. The predicted molar refractivity (Wildman–Crippen MR) is 121 cm³/mol. The third kappa shape index (κ3) is 3.91. The number of benzene rings is 1. The number of nitrogens with zero attached hydrogens (tertiary/aromatic N) is 7. The molecule has 0 aliphatic carbocycles. The van der Waals surface area contributed by atoms with E-state index in [9.17, 15) is 4.39 Å². The van der Waals surface area contributed by atoms with Crippen LogP contribution in [0.25, 0.3) is 22.2 Å². The molecule has 0 radical (unpaired) electrons. The maximum Gasteiger partial charge on any atom is 0.160 e. The summed E-state index contributed by atoms with van der Waals surface area (Å²) in [6, 6.07) is 7.29. The Morgan fingerprint density at radius 1 is 1.06 bits per heavy atom. The van der Waals surface area contributed by atoms with Gasteiger partial charge in [-0.1, -0.05) is 6.07 Å². The highest BCUT2D eigenvalue weighted by atomic mass is 19.1. The van der Waals surface area contributed by atoms with Gasteiger partial charge in [-0.05, 0) is 49.1 Å². The second-order valence-electron chi connectivity index (χ2n) is 8.24. The van der Waals surface area contributed by atoms with Crippen LogP contribution in [0.3, 0.4) is 0 Å². The van der Waals surface area contributed by atoms with Gasteiger partial charge in [0.25, 0.3) is 0 Å². The van der Waals surface area contributed by atoms with E-state index in [1.807, 2.05) is 26.1 Å². The number of halogens is 1. The van der Waals surface area contributed by atoms with Gasteiger partial charge in [0.2, 0.25) is 0 Å². The Balaban J connectivity index is 1.31. The maximum absolute atomic E-state index is 13.3. The average Bonchev–Trinajstić information content (AvgIpc) is 3.24. The van der Waals surface area contributed by atoms with Crippen molar-refractivity contribution in [1.82, 2.24) is 35.5 Å². The smallest absolute Gasteiger partial charge is 0.160 e. The van der Waals surface area contributed by atoms with Crippen LogP contribution in [0, 0.1) is 12.7 Å². The monoisotopic (exact) mass is 432 g/mol. The minimum Gasteiger partial charge on any atom is -0.354 e. The Morgan fingerprint density at radius 3 is 2.56 bits per heavy atom. The van der Waals surface area contributed by atoms with Crippen LogP contribution in [0.5, 0.6) is 0 Å². The molecule has 1 aromatic carbocycles. The van der Waals surface area contributed by atoms with Crippen molar-refractivity contribution in [2.45, 2.75) is 32.4 Å². The standard InChI is InChI=1S/C23H25FN8/c1-15-11-17(24)4-3-16(15)12-25-18-6-9-32(10-7-18)23-20-14-27-26-13-19(20)22(29-30-23)21-5-8-28-31(21)2/h3-5,8,11,13-14,18,25H,6-7,9-10,12H2,1-2H3. The van der Waals surface area contributed by atoms with Crippen molar-refractivity contribution in [2.24, 2.45) is 7.05 Å². The summed E-state index contributed by atoms with van der Waals surface area (Å²) in [6.45, 7) is 4.44. The fraction of sp³-hybridized carbons (Fsp3) is 0.348. The molecule has 0 saturated carbocycles. The fourth-order valence-electron chi connectivity index (χ4n) is 4.33. The van der Waals surface area contributed by atoms with Gasteiger partial charge in [-0.25, -0.2) is 4.39 Å². The van der Waals surface area contributed by atoms with Crippen molar-refractivity contribution in [3.05, 3.63) is 59.8 Å². The normalized spacial score (nSPS) is 14.9. The van der Waals surface area contributed by atoms with Gasteiger partial charge >= 0.3 is 0 Å². The van der Waals surface area contributed by atoms with Gasteiger partial charge in [0.1, 0.15) is 11.5 Å². The zero-order valence-corrected chi connectivity index (χ0v) is 18.2. The van der Waals surface area contributed by atoms with E-state index in [2.05, 4.69) is 35.7 Å². The summed E-state index contributed by atoms with van der Waals surface area (Å²) in [6.07, 6.45) is 7.24. The number of hydrogen-bond donors (Lipinski definition) is 1. The van der Waals surface area contributed by atoms with Crippen LogP contribution in [0.15, 0.2) is 42.9 Å². The lowest BCUT2D eigenvalue weighted by Gasteiger charge is -2.33.